The second kappa shape index (κ2) is 8.59. The number of thiazole rings is 1. The van der Waals surface area contributed by atoms with Crippen LogP contribution in [0.25, 0.3) is 11.3 Å². The zero-order chi connectivity index (χ0) is 19.3. The predicted octanol–water partition coefficient (Wildman–Crippen LogP) is 6.65. The molecule has 0 spiro atoms. The topological polar surface area (TPSA) is 17.3 Å². The number of rotatable bonds is 5. The van der Waals surface area contributed by atoms with Gasteiger partial charge in [0, 0.05) is 22.5 Å². The lowest BCUT2D eigenvalue weighted by atomic mass is 10.1. The molecule has 140 valence electrons. The minimum atomic E-state index is 0.760. The molecule has 1 heterocycles. The molecule has 3 aromatic carbocycles. The lowest BCUT2D eigenvalue weighted by molar-refractivity contribution is 0.684. The van der Waals surface area contributed by atoms with E-state index in [0.717, 1.165) is 39.7 Å². The zero-order valence-corrected chi connectivity index (χ0v) is 17.3. The third-order valence-electron chi connectivity index (χ3n) is 4.67. The van der Waals surface area contributed by atoms with Crippen molar-refractivity contribution in [1.29, 1.82) is 0 Å². The van der Waals surface area contributed by atoms with Gasteiger partial charge in [-0.15, -0.1) is 11.3 Å². The van der Waals surface area contributed by atoms with E-state index < -0.39 is 0 Å². The Kier molecular flexibility index (Phi) is 5.75. The molecule has 4 rings (SSSR count). The Hall–Kier alpha value is -2.62. The van der Waals surface area contributed by atoms with E-state index in [1.807, 2.05) is 18.2 Å². The van der Waals surface area contributed by atoms with E-state index in [9.17, 15) is 0 Å². The van der Waals surface area contributed by atoms with Gasteiger partial charge >= 0.3 is 0 Å². The summed E-state index contributed by atoms with van der Waals surface area (Å²) in [6, 6.07) is 26.9. The monoisotopic (exact) mass is 404 g/mol. The van der Waals surface area contributed by atoms with Crippen molar-refractivity contribution in [1.82, 2.24) is 4.57 Å². The summed E-state index contributed by atoms with van der Waals surface area (Å²) in [6.45, 7) is 2.93. The maximum Gasteiger partial charge on any atom is 0.190 e. The van der Waals surface area contributed by atoms with Crippen molar-refractivity contribution in [3.05, 3.63) is 105 Å². The van der Waals surface area contributed by atoms with Crippen LogP contribution in [0.1, 0.15) is 11.1 Å². The Balaban J connectivity index is 1.77. The third kappa shape index (κ3) is 4.27. The van der Waals surface area contributed by atoms with Crippen LogP contribution in [0.4, 0.5) is 5.69 Å². The zero-order valence-electron chi connectivity index (χ0n) is 15.7. The van der Waals surface area contributed by atoms with Crippen molar-refractivity contribution in [2.24, 2.45) is 4.99 Å². The fourth-order valence-corrected chi connectivity index (χ4v) is 4.31. The molecule has 0 saturated carbocycles. The number of halogens is 1. The van der Waals surface area contributed by atoms with Crippen molar-refractivity contribution in [2.45, 2.75) is 19.9 Å². The molecular weight excluding hydrogens is 384 g/mol. The number of nitrogens with zero attached hydrogens (tertiary/aromatic N) is 2. The van der Waals surface area contributed by atoms with Crippen molar-refractivity contribution in [3.63, 3.8) is 0 Å². The van der Waals surface area contributed by atoms with Crippen LogP contribution in [-0.2, 0) is 13.0 Å². The third-order valence-corrected chi connectivity index (χ3v) is 5.87. The summed E-state index contributed by atoms with van der Waals surface area (Å²) in [7, 11) is 0. The van der Waals surface area contributed by atoms with E-state index in [1.54, 1.807) is 11.3 Å². The standard InChI is InChI=1S/C24H21ClN2S/c1-18-11-13-20(14-12-18)26-24-27(16-15-19-7-3-2-4-8-19)23(17-28-24)21-9-5-6-10-22(21)25/h2-14,17H,15-16H2,1H3. The summed E-state index contributed by atoms with van der Waals surface area (Å²) in [4.78, 5) is 5.89. The van der Waals surface area contributed by atoms with Crippen LogP contribution in [0, 0.1) is 6.92 Å². The lowest BCUT2D eigenvalue weighted by Crippen LogP contribution is -2.17. The first-order valence-electron chi connectivity index (χ1n) is 9.29. The largest absolute Gasteiger partial charge is 0.316 e. The van der Waals surface area contributed by atoms with E-state index in [-0.39, 0.29) is 0 Å². The van der Waals surface area contributed by atoms with Crippen LogP contribution in [-0.4, -0.2) is 4.57 Å². The van der Waals surface area contributed by atoms with Gasteiger partial charge in [0.05, 0.1) is 11.4 Å². The first-order valence-corrected chi connectivity index (χ1v) is 10.5. The number of aryl methyl sites for hydroxylation is 2. The molecule has 0 bridgehead atoms. The van der Waals surface area contributed by atoms with Crippen molar-refractivity contribution < 1.29 is 0 Å². The summed E-state index contributed by atoms with van der Waals surface area (Å²) in [5, 5.41) is 2.91. The molecule has 0 aliphatic rings. The number of hydrogen-bond acceptors (Lipinski definition) is 2. The minimum Gasteiger partial charge on any atom is -0.316 e. The summed E-state index contributed by atoms with van der Waals surface area (Å²) < 4.78 is 2.28. The molecule has 0 unspecified atom stereocenters. The Labute approximate surface area is 174 Å². The SMILES string of the molecule is Cc1ccc(N=c2scc(-c3ccccc3Cl)n2CCc2ccccc2)cc1. The molecule has 4 aromatic rings. The quantitative estimate of drug-likeness (QED) is 0.354. The summed E-state index contributed by atoms with van der Waals surface area (Å²) in [6.07, 6.45) is 0.941. The summed E-state index contributed by atoms with van der Waals surface area (Å²) in [5.41, 5.74) is 5.66. The molecule has 0 atom stereocenters. The molecular formula is C24H21ClN2S. The molecule has 0 amide bonds. The van der Waals surface area contributed by atoms with Gasteiger partial charge < -0.3 is 4.57 Å². The Morgan fingerprint density at radius 3 is 2.36 bits per heavy atom. The molecule has 0 radical (unpaired) electrons. The van der Waals surface area contributed by atoms with Crippen LogP contribution in [0.15, 0.2) is 89.2 Å². The molecule has 0 aliphatic carbocycles. The normalized spacial score (nSPS) is 11.7. The van der Waals surface area contributed by atoms with E-state index in [1.165, 1.54) is 11.1 Å². The van der Waals surface area contributed by atoms with E-state index in [2.05, 4.69) is 77.5 Å². The average molecular weight is 405 g/mol. The smallest absolute Gasteiger partial charge is 0.190 e. The van der Waals surface area contributed by atoms with E-state index in [0.29, 0.717) is 0 Å². The first kappa shape index (κ1) is 18.7. The first-order chi connectivity index (χ1) is 13.7. The average Bonchev–Trinajstić information content (AvgIpc) is 3.11. The fourth-order valence-electron chi connectivity index (χ4n) is 3.13. The van der Waals surface area contributed by atoms with Crippen LogP contribution in [0.3, 0.4) is 0 Å². The second-order valence-electron chi connectivity index (χ2n) is 6.72. The van der Waals surface area contributed by atoms with Gasteiger partial charge in [-0.2, -0.15) is 0 Å². The highest BCUT2D eigenvalue weighted by molar-refractivity contribution is 7.07. The Morgan fingerprint density at radius 1 is 0.893 bits per heavy atom. The summed E-state index contributed by atoms with van der Waals surface area (Å²) in [5.74, 6) is 0. The molecule has 0 aliphatic heterocycles. The van der Waals surface area contributed by atoms with Gasteiger partial charge in [0.2, 0.25) is 0 Å². The van der Waals surface area contributed by atoms with Crippen LogP contribution < -0.4 is 4.80 Å². The predicted molar refractivity (Wildman–Crippen MR) is 119 cm³/mol. The highest BCUT2D eigenvalue weighted by atomic mass is 35.5. The van der Waals surface area contributed by atoms with Gasteiger partial charge in [-0.3, -0.25) is 0 Å². The van der Waals surface area contributed by atoms with Crippen molar-refractivity contribution in [3.8, 4) is 11.3 Å². The highest BCUT2D eigenvalue weighted by Crippen LogP contribution is 2.28. The fraction of sp³-hybridized carbons (Fsp3) is 0.125. The van der Waals surface area contributed by atoms with Crippen LogP contribution in [0.2, 0.25) is 5.02 Å². The Morgan fingerprint density at radius 2 is 1.61 bits per heavy atom. The lowest BCUT2D eigenvalue weighted by Gasteiger charge is -2.11. The van der Waals surface area contributed by atoms with Gasteiger partial charge in [0.1, 0.15) is 0 Å². The Bertz CT molecular complexity index is 1130. The van der Waals surface area contributed by atoms with E-state index in [4.69, 9.17) is 16.6 Å². The van der Waals surface area contributed by atoms with Gasteiger partial charge in [-0.1, -0.05) is 77.8 Å². The number of hydrogen-bond donors (Lipinski definition) is 0. The molecule has 2 nitrogen and oxygen atoms in total. The molecule has 4 heteroatoms. The van der Waals surface area contributed by atoms with Crippen LogP contribution in [0.5, 0.6) is 0 Å². The van der Waals surface area contributed by atoms with Gasteiger partial charge in [-0.25, -0.2) is 4.99 Å². The highest BCUT2D eigenvalue weighted by Gasteiger charge is 2.11. The van der Waals surface area contributed by atoms with Crippen LogP contribution >= 0.6 is 22.9 Å². The van der Waals surface area contributed by atoms with Gasteiger partial charge in [0.15, 0.2) is 4.80 Å². The van der Waals surface area contributed by atoms with E-state index >= 15 is 0 Å². The van der Waals surface area contributed by atoms with Crippen molar-refractivity contribution in [2.75, 3.05) is 0 Å². The summed E-state index contributed by atoms with van der Waals surface area (Å²) >= 11 is 8.15. The number of benzene rings is 3. The molecule has 0 N–H and O–H groups in total. The molecule has 28 heavy (non-hydrogen) atoms. The second-order valence-corrected chi connectivity index (χ2v) is 7.96. The van der Waals surface area contributed by atoms with Crippen molar-refractivity contribution >= 4 is 28.6 Å². The van der Waals surface area contributed by atoms with Gasteiger partial charge in [0.25, 0.3) is 0 Å². The van der Waals surface area contributed by atoms with Gasteiger partial charge in [-0.05, 0) is 37.1 Å². The molecule has 0 saturated heterocycles. The molecule has 1 aromatic heterocycles. The number of aromatic nitrogens is 1. The minimum absolute atomic E-state index is 0.760. The molecule has 0 fully saturated rings. The maximum absolute atomic E-state index is 6.50. The maximum atomic E-state index is 6.50.